The highest BCUT2D eigenvalue weighted by Crippen LogP contribution is 2.40. The molecular formula is C93H142N16O18S3. The Morgan fingerprint density at radius 2 is 0.677 bits per heavy atom. The van der Waals surface area contributed by atoms with E-state index < -0.39 is 53.7 Å². The van der Waals surface area contributed by atoms with Gasteiger partial charge >= 0.3 is 12.2 Å². The van der Waals surface area contributed by atoms with Crippen LogP contribution in [0.5, 0.6) is 0 Å². The van der Waals surface area contributed by atoms with E-state index in [1.165, 1.54) is 12.4 Å². The normalized spacial score (nSPS) is 20.7. The van der Waals surface area contributed by atoms with E-state index in [-0.39, 0.29) is 150 Å². The number of carbonyl (C=O) groups is 6. The number of aliphatic hydroxyl groups excluding tert-OH is 1. The number of H-pyrrole nitrogens is 1. The monoisotopic (exact) mass is 1870 g/mol. The summed E-state index contributed by atoms with van der Waals surface area (Å²) in [4.78, 5) is 94.9. The third-order valence-electron chi connectivity index (χ3n) is 23.7. The van der Waals surface area contributed by atoms with Crippen LogP contribution in [0.15, 0.2) is 73.8 Å². The first-order valence-electron chi connectivity index (χ1n) is 42.4. The number of carbonyl (C=O) groups excluding carboxylic acids is 6. The number of nitrogens with zero attached hydrogens (tertiary/aromatic N) is 11. The molecule has 8 heterocycles. The highest BCUT2D eigenvalue weighted by atomic mass is 32.2. The van der Waals surface area contributed by atoms with Crippen molar-refractivity contribution >= 4 is 88.4 Å². The fraction of sp³-hybridized carbons (Fsp3) is 0.591. The van der Waals surface area contributed by atoms with Crippen molar-refractivity contribution in [1.82, 2.24) is 59.5 Å². The molecule has 0 bridgehead atoms. The number of rotatable bonds is 26. The van der Waals surface area contributed by atoms with Crippen LogP contribution in [0.3, 0.4) is 0 Å². The minimum Gasteiger partial charge on any atom is -0.442 e. The molecule has 6 N–H and O–H groups in total. The van der Waals surface area contributed by atoms with Crippen LogP contribution in [0.2, 0.25) is 0 Å². The average molecular weight is 1870 g/mol. The fourth-order valence-electron chi connectivity index (χ4n) is 16.3. The van der Waals surface area contributed by atoms with E-state index in [1.54, 1.807) is 131 Å². The summed E-state index contributed by atoms with van der Waals surface area (Å²) < 4.78 is 97.9. The predicted octanol–water partition coefficient (Wildman–Crippen LogP) is 16.1. The summed E-state index contributed by atoms with van der Waals surface area (Å²) in [6.07, 6.45) is 21.1. The number of ketones is 4. The van der Waals surface area contributed by atoms with Crippen LogP contribution in [0, 0.1) is 103 Å². The van der Waals surface area contributed by atoms with Crippen molar-refractivity contribution in [2.75, 3.05) is 66.5 Å². The first kappa shape index (κ1) is 110. The second-order valence-corrected chi connectivity index (χ2v) is 42.1. The largest absolute Gasteiger partial charge is 0.442 e. The van der Waals surface area contributed by atoms with Crippen LogP contribution in [0.1, 0.15) is 280 Å². The van der Waals surface area contributed by atoms with Gasteiger partial charge in [-0.1, -0.05) is 57.4 Å². The number of aromatic nitrogens is 12. The van der Waals surface area contributed by atoms with Crippen LogP contribution in [-0.2, 0) is 57.9 Å². The summed E-state index contributed by atoms with van der Waals surface area (Å²) in [5.41, 5.74) is 9.84. The van der Waals surface area contributed by atoms with E-state index >= 15 is 0 Å². The number of hydrogen-bond donors (Lipinski definition) is 6. The van der Waals surface area contributed by atoms with Crippen LogP contribution < -0.4 is 21.3 Å². The van der Waals surface area contributed by atoms with Gasteiger partial charge in [-0.3, -0.25) is 61.4 Å². The molecule has 0 spiro atoms. The molecular weight excluding hydrogens is 1730 g/mol. The molecule has 12 rings (SSSR count). The Balaban J connectivity index is 0.000000305. The van der Waals surface area contributed by atoms with Gasteiger partial charge in [-0.2, -0.15) is 55.0 Å². The summed E-state index contributed by atoms with van der Waals surface area (Å²) in [6, 6.07) is 7.54. The number of nitrogens with one attached hydrogen (secondary N) is 5. The zero-order valence-corrected chi connectivity index (χ0v) is 79.3. The van der Waals surface area contributed by atoms with Crippen LogP contribution in [0.25, 0.3) is 0 Å². The maximum atomic E-state index is 13.5. The number of hydrogen-bond acceptors (Lipinski definition) is 30. The van der Waals surface area contributed by atoms with Crippen molar-refractivity contribution in [1.29, 1.82) is 0 Å². The molecule has 0 saturated heterocycles. The molecule has 34 nitrogen and oxygen atoms in total. The Morgan fingerprint density at radius 3 is 0.923 bits per heavy atom. The topological polar surface area (TPSA) is 453 Å². The van der Waals surface area contributed by atoms with Gasteiger partial charge in [-0.05, 0) is 241 Å². The first-order valence-corrected chi connectivity index (χ1v) is 47.9. The van der Waals surface area contributed by atoms with E-state index in [0.29, 0.717) is 103 Å². The Morgan fingerprint density at radius 1 is 0.408 bits per heavy atom. The number of aromatic amines is 1. The highest BCUT2D eigenvalue weighted by molar-refractivity contribution is 7.86. The maximum absolute atomic E-state index is 13.5. The van der Waals surface area contributed by atoms with E-state index in [2.05, 4.69) is 115 Å². The second kappa shape index (κ2) is 45.4. The van der Waals surface area contributed by atoms with E-state index in [1.807, 2.05) is 32.4 Å². The van der Waals surface area contributed by atoms with Crippen LogP contribution in [0.4, 0.5) is 32.3 Å². The molecule has 12 atom stereocenters. The predicted molar refractivity (Wildman–Crippen MR) is 506 cm³/mol. The van der Waals surface area contributed by atoms with Gasteiger partial charge in [-0.25, -0.2) is 9.59 Å². The number of ether oxygens (including phenoxy) is 2. The summed E-state index contributed by atoms with van der Waals surface area (Å²) in [5, 5.41) is 43.5. The molecule has 8 aromatic heterocycles. The van der Waals surface area contributed by atoms with Gasteiger partial charge in [0, 0.05) is 137 Å². The molecule has 0 amide bonds. The molecule has 4 aliphatic rings. The molecule has 0 aliphatic heterocycles. The van der Waals surface area contributed by atoms with E-state index in [9.17, 15) is 59.1 Å². The molecule has 720 valence electrons. The van der Waals surface area contributed by atoms with E-state index in [4.69, 9.17) is 22.0 Å². The van der Waals surface area contributed by atoms with Gasteiger partial charge < -0.3 is 35.8 Å². The third kappa shape index (κ3) is 29.2. The molecule has 37 heteroatoms. The van der Waals surface area contributed by atoms with E-state index in [0.717, 1.165) is 95.6 Å². The highest BCUT2D eigenvalue weighted by Gasteiger charge is 2.39. The molecule has 0 unspecified atom stereocenters. The average Bonchev–Trinajstić information content (AvgIpc) is 1.65. The van der Waals surface area contributed by atoms with Gasteiger partial charge in [0.1, 0.15) is 34.0 Å². The maximum Gasteiger partial charge on any atom is 0.435 e. The Kier molecular flexibility index (Phi) is 38.6. The standard InChI is InChI=1S/C24H34N4O6S.C23H34N4O4S.C23H32N4O4.C19H26N4O4S.4CH4/c1-14-10-18(11-17(14)13-33-35(7,31)32)26-20-8-9-25-12-19(20)22(29)21-15(2)16(3)28(27-21)23(30)34-24(4,5)6;1-14-10-18(11-17(14)13-31-32(7,29)30)25-20-8-9-24-12-19(20)22(28)21-15(2)16(3)27(26-21)23(4,5)6;1-13-9-17(10-16(13)12-28)25-19-7-8-24-11-18(19)21(29)20-14(2)15(3)27(26-20)22(30)31-23(4,5)6;1-11-7-15(8-14(11)10-27-28(4,25)26)21-17-5-6-20-9-16(17)19(24)18-12(2)13(3)22-23-18;;;;/h8-9,12,14,17-18H,10-11,13H2,1-7H3,(H,25,26);8-9,12,14,17-18H,10-11,13H2,1-7H3,(H,24,25);7-8,11,13,16-17,28H,9-10,12H2,1-6H3,(H,24,25);5-6,9,11,14-15H,7-8,10H2,1-4H3,(H,20,21)(H,22,23);4*1H4/t2*14-,17+,18-;13-,16+,17-;11-,14+,15-;;;;/m0000..../s1. The van der Waals surface area contributed by atoms with Gasteiger partial charge in [0.2, 0.25) is 23.1 Å². The summed E-state index contributed by atoms with van der Waals surface area (Å²) in [6.45, 7) is 40.5. The molecule has 130 heavy (non-hydrogen) atoms. The minimum absolute atomic E-state index is 0. The van der Waals surface area contributed by atoms with Gasteiger partial charge in [0.25, 0.3) is 30.4 Å². The second-order valence-electron chi connectivity index (χ2n) is 37.2. The van der Waals surface area contributed by atoms with Crippen molar-refractivity contribution in [2.24, 2.45) is 47.3 Å². The zero-order valence-electron chi connectivity index (χ0n) is 76.9. The number of aryl methyl sites for hydroxylation is 1. The Bertz CT molecular complexity index is 5630. The van der Waals surface area contributed by atoms with Gasteiger partial charge in [0.15, 0.2) is 0 Å². The lowest BCUT2D eigenvalue weighted by atomic mass is 10.00. The SMILES string of the molecule is C.C.C.C.Cc1[nH]nc(C(=O)c2cnccc2N[C@@H]2C[C@H](COS(C)(=O)=O)[C@@H](C)C2)c1C.Cc1c(C(=O)c2cnccc2N[C@@H]2C[C@H](CO)[C@@H](C)C2)nn(C(=O)OC(C)(C)C)c1C.Cc1c(C(=O)c2cnccc2N[C@@H]2C[C@H](COS(C)(=O)=O)[C@@H](C)C2)nn(C(=O)OC(C)(C)C)c1C.Cc1c(C(=O)c2cnccc2N[C@@H]2C[C@H](COS(C)(=O)=O)[C@@H](C)C2)nn(C(C)(C)C)c1C. The van der Waals surface area contributed by atoms with Crippen molar-refractivity contribution in [3.05, 3.63) is 164 Å². The quantitative estimate of drug-likeness (QED) is 0.0217. The summed E-state index contributed by atoms with van der Waals surface area (Å²) in [7, 11) is -10.4. The van der Waals surface area contributed by atoms with Gasteiger partial charge in [-0.15, -0.1) is 0 Å². The van der Waals surface area contributed by atoms with Crippen LogP contribution >= 0.6 is 0 Å². The molecule has 4 saturated carbocycles. The zero-order chi connectivity index (χ0) is 93.4. The summed E-state index contributed by atoms with van der Waals surface area (Å²) in [5.74, 6) is 0.912. The lowest BCUT2D eigenvalue weighted by Crippen LogP contribution is -2.28. The van der Waals surface area contributed by atoms with Crippen molar-refractivity contribution < 1.29 is 81.2 Å². The smallest absolute Gasteiger partial charge is 0.435 e. The lowest BCUT2D eigenvalue weighted by molar-refractivity contribution is 0.0499. The fourth-order valence-corrected chi connectivity index (χ4v) is 17.6. The number of anilines is 4. The number of pyridine rings is 4. The van der Waals surface area contributed by atoms with Crippen LogP contribution in [-0.4, -0.2) is 206 Å². The minimum atomic E-state index is -3.50. The van der Waals surface area contributed by atoms with Crippen molar-refractivity contribution in [3.63, 3.8) is 0 Å². The first-order chi connectivity index (χ1) is 58.6. The third-order valence-corrected chi connectivity index (χ3v) is 25.4. The molecule has 0 radical (unpaired) electrons. The Labute approximate surface area is 769 Å². The molecule has 4 aliphatic carbocycles. The van der Waals surface area contributed by atoms with Crippen molar-refractivity contribution in [2.45, 2.75) is 267 Å². The molecule has 8 aromatic rings. The lowest BCUT2D eigenvalue weighted by Gasteiger charge is -2.21. The Hall–Kier alpha value is -10.1. The van der Waals surface area contributed by atoms with Gasteiger partial charge in [0.05, 0.1) is 77.8 Å². The van der Waals surface area contributed by atoms with Crippen molar-refractivity contribution in [3.8, 4) is 0 Å². The molecule has 4 fully saturated rings. The molecule has 0 aromatic carbocycles. The number of aliphatic hydroxyl groups is 1. The summed E-state index contributed by atoms with van der Waals surface area (Å²) >= 11 is 0.